The van der Waals surface area contributed by atoms with Crippen LogP contribution >= 0.6 is 11.6 Å². The fourth-order valence-corrected chi connectivity index (χ4v) is 5.29. The first kappa shape index (κ1) is 28.9. The van der Waals surface area contributed by atoms with Gasteiger partial charge in [0.1, 0.15) is 22.8 Å². The molecule has 0 spiro atoms. The summed E-state index contributed by atoms with van der Waals surface area (Å²) in [7, 11) is -2.02. The van der Waals surface area contributed by atoms with Crippen molar-refractivity contribution in [1.29, 1.82) is 0 Å². The zero-order chi connectivity index (χ0) is 26.9. The van der Waals surface area contributed by atoms with Crippen molar-refractivity contribution in [3.63, 3.8) is 0 Å². The van der Waals surface area contributed by atoms with Crippen LogP contribution in [0, 0.1) is 19.3 Å². The number of nitrogens with one attached hydrogen (secondary N) is 1. The van der Waals surface area contributed by atoms with Crippen molar-refractivity contribution in [2.75, 3.05) is 18.5 Å². The van der Waals surface area contributed by atoms with Crippen LogP contribution in [0.2, 0.25) is 23.3 Å². The van der Waals surface area contributed by atoms with E-state index in [0.717, 1.165) is 35.7 Å². The second kappa shape index (κ2) is 11.0. The maximum atomic E-state index is 6.63. The second-order valence-electron chi connectivity index (χ2n) is 12.4. The highest BCUT2D eigenvalue weighted by molar-refractivity contribution is 6.74. The topological polar surface area (TPSA) is 65.5 Å². The van der Waals surface area contributed by atoms with Gasteiger partial charge in [0, 0.05) is 23.1 Å². The smallest absolute Gasteiger partial charge is 0.192 e. The second-order valence-corrected chi connectivity index (χ2v) is 17.5. The lowest BCUT2D eigenvalue weighted by atomic mass is 9.86. The molecule has 6 nitrogen and oxygen atoms in total. The molecule has 199 valence electrons. The summed E-state index contributed by atoms with van der Waals surface area (Å²) < 4.78 is 18.7. The Morgan fingerprint density at radius 1 is 1.17 bits per heavy atom. The summed E-state index contributed by atoms with van der Waals surface area (Å²) in [4.78, 5) is 9.35. The van der Waals surface area contributed by atoms with Gasteiger partial charge in [-0.05, 0) is 50.5 Å². The molecule has 1 N–H and O–H groups in total. The van der Waals surface area contributed by atoms with Crippen molar-refractivity contribution >= 4 is 25.7 Å². The van der Waals surface area contributed by atoms with E-state index < -0.39 is 8.32 Å². The highest BCUT2D eigenvalue weighted by Gasteiger charge is 2.42. The number of anilines is 1. The molecule has 1 fully saturated rings. The van der Waals surface area contributed by atoms with E-state index in [2.05, 4.69) is 71.9 Å². The molecule has 1 aliphatic heterocycles. The first-order chi connectivity index (χ1) is 16.6. The van der Waals surface area contributed by atoms with Crippen LogP contribution < -0.4 is 10.1 Å². The fraction of sp³-hybridized carbons (Fsp3) is 0.607. The first-order valence-corrected chi connectivity index (χ1v) is 16.0. The molecule has 8 heteroatoms. The third kappa shape index (κ3) is 7.00. The standard InChI is InChI=1S/C28H43ClN3O3Si/c1-18-24(29)31-26(32-25(18)30-21-14-15-33-17-21)20-12-11-13-22(16-20)34-23(27(3,4)5)19(2)35-36(9,10)28(6,7)8/h11-13,16,19,21,23H,2,14-15,17H2,1,3-10H3,(H,30,31,32)/t19?,21-,23?/m1/s1. The lowest BCUT2D eigenvalue weighted by Gasteiger charge is -2.43. The van der Waals surface area contributed by atoms with Gasteiger partial charge in [0.25, 0.3) is 0 Å². The monoisotopic (exact) mass is 532 g/mol. The van der Waals surface area contributed by atoms with Crippen molar-refractivity contribution < 1.29 is 13.9 Å². The van der Waals surface area contributed by atoms with Gasteiger partial charge in [-0.15, -0.1) is 0 Å². The van der Waals surface area contributed by atoms with Crippen LogP contribution in [0.25, 0.3) is 11.4 Å². The average Bonchev–Trinajstić information content (AvgIpc) is 3.26. The lowest BCUT2D eigenvalue weighted by Crippen LogP contribution is -2.50. The zero-order valence-corrected chi connectivity index (χ0v) is 25.1. The number of rotatable bonds is 8. The number of hydrogen-bond acceptors (Lipinski definition) is 6. The van der Waals surface area contributed by atoms with Crippen molar-refractivity contribution in [2.24, 2.45) is 5.41 Å². The summed E-state index contributed by atoms with van der Waals surface area (Å²) in [5.41, 5.74) is 1.48. The molecule has 1 aliphatic rings. The predicted molar refractivity (Wildman–Crippen MR) is 151 cm³/mol. The predicted octanol–water partition coefficient (Wildman–Crippen LogP) is 7.32. The van der Waals surface area contributed by atoms with E-state index in [-0.39, 0.29) is 28.7 Å². The van der Waals surface area contributed by atoms with Gasteiger partial charge in [-0.3, -0.25) is 0 Å². The summed E-state index contributed by atoms with van der Waals surface area (Å²) in [6.45, 7) is 25.4. The Bertz CT molecular complexity index is 1040. The minimum Gasteiger partial charge on any atom is -0.487 e. The van der Waals surface area contributed by atoms with Crippen molar-refractivity contribution in [3.05, 3.63) is 41.9 Å². The molecule has 2 aromatic rings. The van der Waals surface area contributed by atoms with Gasteiger partial charge in [0.05, 0.1) is 18.8 Å². The van der Waals surface area contributed by atoms with E-state index in [1.165, 1.54) is 0 Å². The van der Waals surface area contributed by atoms with E-state index in [9.17, 15) is 0 Å². The first-order valence-electron chi connectivity index (χ1n) is 12.7. The Morgan fingerprint density at radius 2 is 1.86 bits per heavy atom. The molecule has 2 heterocycles. The van der Waals surface area contributed by atoms with Crippen LogP contribution in [-0.2, 0) is 9.16 Å². The molecule has 0 saturated carbocycles. The quantitative estimate of drug-likeness (QED) is 0.283. The van der Waals surface area contributed by atoms with Crippen molar-refractivity contribution in [3.8, 4) is 17.1 Å². The van der Waals surface area contributed by atoms with Crippen LogP contribution in [0.5, 0.6) is 5.75 Å². The van der Waals surface area contributed by atoms with Gasteiger partial charge in [0.2, 0.25) is 0 Å². The molecule has 0 aliphatic carbocycles. The van der Waals surface area contributed by atoms with E-state index in [0.29, 0.717) is 17.6 Å². The van der Waals surface area contributed by atoms with Crippen LogP contribution in [0.15, 0.2) is 24.3 Å². The van der Waals surface area contributed by atoms with Gasteiger partial charge in [0.15, 0.2) is 14.1 Å². The number of aromatic nitrogens is 2. The maximum Gasteiger partial charge on any atom is 0.192 e. The van der Waals surface area contributed by atoms with Gasteiger partial charge in [-0.25, -0.2) is 9.97 Å². The molecule has 3 rings (SSSR count). The molecule has 0 amide bonds. The summed E-state index contributed by atoms with van der Waals surface area (Å²) in [6, 6.07) is 8.05. The number of benzene rings is 1. The van der Waals surface area contributed by atoms with E-state index in [1.54, 1.807) is 0 Å². The molecule has 1 radical (unpaired) electrons. The van der Waals surface area contributed by atoms with Crippen LogP contribution in [0.4, 0.5) is 5.82 Å². The average molecular weight is 533 g/mol. The van der Waals surface area contributed by atoms with Gasteiger partial charge in [-0.1, -0.05) is 65.3 Å². The SMILES string of the molecule is [CH2]C(O[Si](C)(C)C(C)(C)C)C(Oc1cccc(-c2nc(Cl)c(C)c(N[C@@H]3CCOC3)n2)c1)C(C)(C)C. The Morgan fingerprint density at radius 3 is 2.44 bits per heavy atom. The molecule has 36 heavy (non-hydrogen) atoms. The number of nitrogens with zero attached hydrogens (tertiary/aromatic N) is 2. The zero-order valence-electron chi connectivity index (χ0n) is 23.4. The van der Waals surface area contributed by atoms with Crippen LogP contribution in [0.1, 0.15) is 53.5 Å². The normalized spacial score (nSPS) is 18.7. The maximum absolute atomic E-state index is 6.63. The highest BCUT2D eigenvalue weighted by Crippen LogP contribution is 2.39. The van der Waals surface area contributed by atoms with Crippen molar-refractivity contribution in [1.82, 2.24) is 9.97 Å². The Kier molecular flexibility index (Phi) is 8.81. The molecule has 0 bridgehead atoms. The molecule has 1 saturated heterocycles. The summed E-state index contributed by atoms with van der Waals surface area (Å²) in [5, 5.41) is 3.98. The summed E-state index contributed by atoms with van der Waals surface area (Å²) >= 11 is 6.50. The molecular weight excluding hydrogens is 490 g/mol. The molecule has 1 aromatic carbocycles. The van der Waals surface area contributed by atoms with Crippen molar-refractivity contribution in [2.45, 2.75) is 91.3 Å². The van der Waals surface area contributed by atoms with E-state index >= 15 is 0 Å². The largest absolute Gasteiger partial charge is 0.487 e. The molecular formula is C28H43ClN3O3Si. The number of halogens is 1. The van der Waals surface area contributed by atoms with E-state index in [1.807, 2.05) is 31.2 Å². The van der Waals surface area contributed by atoms with Crippen LogP contribution in [-0.4, -0.2) is 49.7 Å². The Balaban J connectivity index is 1.87. The van der Waals surface area contributed by atoms with Crippen LogP contribution in [0.3, 0.4) is 0 Å². The molecule has 2 unspecified atom stereocenters. The van der Waals surface area contributed by atoms with Gasteiger partial charge < -0.3 is 19.2 Å². The minimum atomic E-state index is -2.02. The Hall–Kier alpha value is -1.67. The fourth-order valence-electron chi connectivity index (χ4n) is 3.88. The summed E-state index contributed by atoms with van der Waals surface area (Å²) in [5.74, 6) is 2.01. The van der Waals surface area contributed by atoms with Gasteiger partial charge in [-0.2, -0.15) is 0 Å². The number of hydrogen-bond donors (Lipinski definition) is 1. The third-order valence-corrected chi connectivity index (χ3v) is 12.0. The summed E-state index contributed by atoms with van der Waals surface area (Å²) in [6.07, 6.45) is 0.380. The van der Waals surface area contributed by atoms with E-state index in [4.69, 9.17) is 30.5 Å². The minimum absolute atomic E-state index is 0.0870. The molecule has 3 atom stereocenters. The molecule has 1 aromatic heterocycles. The Labute approximate surface area is 223 Å². The highest BCUT2D eigenvalue weighted by atomic mass is 35.5. The van der Waals surface area contributed by atoms with Gasteiger partial charge >= 0.3 is 0 Å². The third-order valence-electron chi connectivity index (χ3n) is 7.16. The lowest BCUT2D eigenvalue weighted by molar-refractivity contribution is 0.000981. The number of ether oxygens (including phenoxy) is 2.